The van der Waals surface area contributed by atoms with Crippen LogP contribution in [0.1, 0.15) is 19.3 Å². The van der Waals surface area contributed by atoms with E-state index in [2.05, 4.69) is 5.32 Å². The Bertz CT molecular complexity index is 387. The minimum atomic E-state index is 0.0230. The van der Waals surface area contributed by atoms with Crippen molar-refractivity contribution in [2.75, 3.05) is 24.3 Å². The van der Waals surface area contributed by atoms with Gasteiger partial charge in [0.1, 0.15) is 0 Å². The summed E-state index contributed by atoms with van der Waals surface area (Å²) in [7, 11) is 0. The third-order valence-corrected chi connectivity index (χ3v) is 3.04. The molecule has 0 aliphatic carbocycles. The average Bonchev–Trinajstić information content (AvgIpc) is 2.82. The fourth-order valence-electron chi connectivity index (χ4n) is 1.97. The molecule has 1 fully saturated rings. The fourth-order valence-corrected chi connectivity index (χ4v) is 1.97. The molecule has 0 aromatic heterocycles. The molecule has 0 spiro atoms. The number of benzene rings is 1. The summed E-state index contributed by atoms with van der Waals surface area (Å²) in [6.45, 7) is 1.62. The van der Waals surface area contributed by atoms with Crippen LogP contribution in [0, 0.1) is 5.92 Å². The van der Waals surface area contributed by atoms with E-state index in [1.54, 1.807) is 6.07 Å². The lowest BCUT2D eigenvalue weighted by Crippen LogP contribution is -2.14. The average molecular weight is 234 g/mol. The Morgan fingerprint density at radius 1 is 1.47 bits per heavy atom. The number of ether oxygens (including phenoxy) is 1. The van der Waals surface area contributed by atoms with E-state index in [1.807, 2.05) is 18.2 Å². The molecule has 0 bridgehead atoms. The molecule has 1 aromatic carbocycles. The van der Waals surface area contributed by atoms with Crippen LogP contribution in [0.15, 0.2) is 24.3 Å². The van der Waals surface area contributed by atoms with Crippen molar-refractivity contribution >= 4 is 17.3 Å². The highest BCUT2D eigenvalue weighted by molar-refractivity contribution is 5.93. The Balaban J connectivity index is 1.79. The molecule has 2 rings (SSSR count). The van der Waals surface area contributed by atoms with Crippen molar-refractivity contribution in [2.45, 2.75) is 19.3 Å². The molecule has 4 nitrogen and oxygen atoms in total. The molecule has 4 heteroatoms. The number of hydrogen-bond acceptors (Lipinski definition) is 3. The summed E-state index contributed by atoms with van der Waals surface area (Å²) >= 11 is 0. The summed E-state index contributed by atoms with van der Waals surface area (Å²) in [6, 6.07) is 7.30. The van der Waals surface area contributed by atoms with Crippen molar-refractivity contribution < 1.29 is 9.53 Å². The Labute approximate surface area is 101 Å². The van der Waals surface area contributed by atoms with E-state index >= 15 is 0 Å². The van der Waals surface area contributed by atoms with Crippen molar-refractivity contribution in [2.24, 2.45) is 5.92 Å². The van der Waals surface area contributed by atoms with Gasteiger partial charge in [0.2, 0.25) is 5.91 Å². The summed E-state index contributed by atoms with van der Waals surface area (Å²) in [5.74, 6) is 0.559. The Morgan fingerprint density at radius 3 is 3.00 bits per heavy atom. The van der Waals surface area contributed by atoms with Gasteiger partial charge in [-0.15, -0.1) is 0 Å². The summed E-state index contributed by atoms with van der Waals surface area (Å²) in [6.07, 6.45) is 2.49. The zero-order valence-corrected chi connectivity index (χ0v) is 9.82. The highest BCUT2D eigenvalue weighted by Crippen LogP contribution is 2.20. The van der Waals surface area contributed by atoms with Crippen molar-refractivity contribution in [1.29, 1.82) is 0 Å². The quantitative estimate of drug-likeness (QED) is 0.783. The molecule has 0 radical (unpaired) electrons. The highest BCUT2D eigenvalue weighted by atomic mass is 16.5. The highest BCUT2D eigenvalue weighted by Gasteiger charge is 2.16. The minimum absolute atomic E-state index is 0.0230. The van der Waals surface area contributed by atoms with E-state index in [-0.39, 0.29) is 5.91 Å². The molecule has 3 N–H and O–H groups in total. The first kappa shape index (κ1) is 11.9. The van der Waals surface area contributed by atoms with Crippen molar-refractivity contribution in [3.8, 4) is 0 Å². The van der Waals surface area contributed by atoms with E-state index in [0.29, 0.717) is 23.7 Å². The lowest BCUT2D eigenvalue weighted by atomic mass is 10.0. The van der Waals surface area contributed by atoms with Crippen LogP contribution in [-0.2, 0) is 9.53 Å². The predicted molar refractivity (Wildman–Crippen MR) is 67.6 cm³/mol. The molecular weight excluding hydrogens is 216 g/mol. The van der Waals surface area contributed by atoms with E-state index in [9.17, 15) is 4.79 Å². The van der Waals surface area contributed by atoms with E-state index in [0.717, 1.165) is 26.1 Å². The summed E-state index contributed by atoms with van der Waals surface area (Å²) in [4.78, 5) is 11.7. The molecule has 1 aliphatic heterocycles. The molecule has 1 aliphatic rings. The third kappa shape index (κ3) is 3.46. The van der Waals surface area contributed by atoms with Crippen LogP contribution in [0.5, 0.6) is 0 Å². The number of para-hydroxylation sites is 2. The van der Waals surface area contributed by atoms with E-state index in [1.165, 1.54) is 0 Å². The van der Waals surface area contributed by atoms with Gasteiger partial charge in [0.05, 0.1) is 11.4 Å². The summed E-state index contributed by atoms with van der Waals surface area (Å²) in [5, 5.41) is 2.83. The van der Waals surface area contributed by atoms with Gasteiger partial charge in [-0.3, -0.25) is 4.79 Å². The lowest BCUT2D eigenvalue weighted by molar-refractivity contribution is -0.116. The summed E-state index contributed by atoms with van der Waals surface area (Å²) in [5.41, 5.74) is 7.05. The number of carbonyl (C=O) groups excluding carboxylic acids is 1. The smallest absolute Gasteiger partial charge is 0.224 e. The number of nitrogen functional groups attached to an aromatic ring is 1. The van der Waals surface area contributed by atoms with E-state index < -0.39 is 0 Å². The maximum atomic E-state index is 11.7. The van der Waals surface area contributed by atoms with Gasteiger partial charge in [-0.05, 0) is 30.9 Å². The van der Waals surface area contributed by atoms with Crippen LogP contribution in [0.4, 0.5) is 11.4 Å². The first-order valence-electron chi connectivity index (χ1n) is 5.98. The van der Waals surface area contributed by atoms with Crippen LogP contribution in [0.3, 0.4) is 0 Å². The maximum absolute atomic E-state index is 11.7. The fraction of sp³-hybridized carbons (Fsp3) is 0.462. The van der Waals surface area contributed by atoms with Gasteiger partial charge in [0.25, 0.3) is 0 Å². The number of amides is 1. The van der Waals surface area contributed by atoms with Gasteiger partial charge < -0.3 is 15.8 Å². The number of hydrogen-bond donors (Lipinski definition) is 2. The number of nitrogens with one attached hydrogen (secondary N) is 1. The van der Waals surface area contributed by atoms with E-state index in [4.69, 9.17) is 10.5 Å². The number of carbonyl (C=O) groups is 1. The van der Waals surface area contributed by atoms with Gasteiger partial charge >= 0.3 is 0 Å². The Morgan fingerprint density at radius 2 is 2.29 bits per heavy atom. The Hall–Kier alpha value is -1.55. The SMILES string of the molecule is Nc1ccccc1NC(=O)CCC1CCOC1. The largest absolute Gasteiger partial charge is 0.397 e. The van der Waals surface area contributed by atoms with Crippen LogP contribution in [0.2, 0.25) is 0 Å². The van der Waals surface area contributed by atoms with Gasteiger partial charge in [-0.25, -0.2) is 0 Å². The van der Waals surface area contributed by atoms with Gasteiger partial charge in [-0.1, -0.05) is 12.1 Å². The topological polar surface area (TPSA) is 64.3 Å². The maximum Gasteiger partial charge on any atom is 0.224 e. The second-order valence-electron chi connectivity index (χ2n) is 4.40. The van der Waals surface area contributed by atoms with Crippen LogP contribution in [0.25, 0.3) is 0 Å². The summed E-state index contributed by atoms with van der Waals surface area (Å²) < 4.78 is 5.28. The molecule has 17 heavy (non-hydrogen) atoms. The second-order valence-corrected chi connectivity index (χ2v) is 4.40. The molecule has 1 atom stereocenters. The van der Waals surface area contributed by atoms with Crippen LogP contribution >= 0.6 is 0 Å². The molecule has 92 valence electrons. The van der Waals surface area contributed by atoms with Crippen molar-refractivity contribution in [3.63, 3.8) is 0 Å². The Kier molecular flexibility index (Phi) is 3.98. The zero-order valence-electron chi connectivity index (χ0n) is 9.82. The van der Waals surface area contributed by atoms with Crippen LogP contribution < -0.4 is 11.1 Å². The lowest BCUT2D eigenvalue weighted by Gasteiger charge is -2.09. The molecular formula is C13H18N2O2. The van der Waals surface area contributed by atoms with Crippen LogP contribution in [-0.4, -0.2) is 19.1 Å². The normalized spacial score (nSPS) is 19.2. The monoisotopic (exact) mass is 234 g/mol. The zero-order chi connectivity index (χ0) is 12.1. The second kappa shape index (κ2) is 5.68. The first-order valence-corrected chi connectivity index (χ1v) is 5.98. The van der Waals surface area contributed by atoms with Gasteiger partial charge in [-0.2, -0.15) is 0 Å². The molecule has 0 saturated carbocycles. The van der Waals surface area contributed by atoms with Gasteiger partial charge in [0.15, 0.2) is 0 Å². The number of rotatable bonds is 4. The minimum Gasteiger partial charge on any atom is -0.397 e. The number of anilines is 2. The first-order chi connectivity index (χ1) is 8.25. The van der Waals surface area contributed by atoms with Crippen molar-refractivity contribution in [1.82, 2.24) is 0 Å². The predicted octanol–water partition coefficient (Wildman–Crippen LogP) is 2.02. The standard InChI is InChI=1S/C13H18N2O2/c14-11-3-1-2-4-12(11)15-13(16)6-5-10-7-8-17-9-10/h1-4,10H,5-9,14H2,(H,15,16). The molecule has 1 unspecified atom stereocenters. The van der Waals surface area contributed by atoms with Gasteiger partial charge in [0, 0.05) is 19.6 Å². The number of nitrogens with two attached hydrogens (primary N) is 1. The van der Waals surface area contributed by atoms with Crippen molar-refractivity contribution in [3.05, 3.63) is 24.3 Å². The molecule has 1 aromatic rings. The third-order valence-electron chi connectivity index (χ3n) is 3.04. The molecule has 1 heterocycles. The molecule has 1 amide bonds. The molecule has 1 saturated heterocycles.